The molecule has 0 fully saturated rings. The molecule has 0 aromatic heterocycles. The fourth-order valence-electron chi connectivity index (χ4n) is 22.0. The standard InChI is InChI=1S/C119H102B3N7/c1-78-70-109-114-110(71-78)128(91-66-58-83(59-67-91)117(5,6)7)106-69-61-85(74-99(106)122(114)98-73-84(118(8,9)10)60-68-105(98)127(109)90-64-56-82(57-65-90)116(2,3)4)119(11,12)77-81-34-22-27-47-100(81)123(86-36-16-13-17-37-86)93-75-111-115-112(76-93)126(103-50-30-25-45-96(103)121(115)95-44-24-29-49-102(95)125(111)88-40-20-15-21-41-88)89-62-54-79(55-63-89)80-35-32-42-92(72-80)129-104-51-31-26-46-97(104)120-94-43-23-28-48-101(94)124(87-38-18-14-19-39-87)107-52-33-53-108(129)113(107)120/h13-76H,77H2,1-12H3. The molecule has 0 bridgehead atoms. The van der Waals surface area contributed by atoms with Crippen molar-refractivity contribution < 1.29 is 0 Å². The number of fused-ring (bicyclic) bond motifs is 12. The molecule has 6 heterocycles. The van der Waals surface area contributed by atoms with Gasteiger partial charge in [-0.1, -0.05) is 301 Å². The number of para-hydroxylation sites is 8. The number of rotatable bonds is 13. The van der Waals surface area contributed by atoms with Gasteiger partial charge in [0.2, 0.25) is 0 Å². The molecule has 10 heteroatoms. The molecule has 0 radical (unpaired) electrons. The van der Waals surface area contributed by atoms with Crippen molar-refractivity contribution in [2.75, 3.05) is 34.3 Å². The lowest BCUT2D eigenvalue weighted by Crippen LogP contribution is -2.61. The van der Waals surface area contributed by atoms with E-state index in [0.717, 1.165) is 85.8 Å². The Bertz CT molecular complexity index is 7300. The molecule has 6 aliphatic heterocycles. The maximum atomic E-state index is 2.62. The first-order valence-corrected chi connectivity index (χ1v) is 45.9. The topological polar surface area (TPSA) is 22.7 Å². The monoisotopic (exact) mass is 1660 g/mol. The van der Waals surface area contributed by atoms with Crippen molar-refractivity contribution in [2.24, 2.45) is 0 Å². The second-order valence-corrected chi connectivity index (χ2v) is 39.9. The Balaban J connectivity index is 0.662. The maximum absolute atomic E-state index is 2.62. The summed E-state index contributed by atoms with van der Waals surface area (Å²) in [5.74, 6) is 0. The zero-order valence-corrected chi connectivity index (χ0v) is 75.5. The highest BCUT2D eigenvalue weighted by molar-refractivity contribution is 7.02. The maximum Gasteiger partial charge on any atom is 0.252 e. The van der Waals surface area contributed by atoms with Crippen LogP contribution in [-0.4, -0.2) is 20.1 Å². The van der Waals surface area contributed by atoms with Crippen molar-refractivity contribution in [3.05, 3.63) is 422 Å². The van der Waals surface area contributed by atoms with Crippen LogP contribution in [0.4, 0.5) is 119 Å². The Hall–Kier alpha value is -14.5. The van der Waals surface area contributed by atoms with Crippen LogP contribution in [0, 0.1) is 6.92 Å². The Morgan fingerprint density at radius 2 is 0.550 bits per heavy atom. The minimum absolute atomic E-state index is 0.00271. The Labute approximate surface area is 761 Å². The Morgan fingerprint density at radius 3 is 1.02 bits per heavy atom. The summed E-state index contributed by atoms with van der Waals surface area (Å²) < 4.78 is 0. The van der Waals surface area contributed by atoms with Gasteiger partial charge in [-0.05, 0) is 292 Å². The van der Waals surface area contributed by atoms with Crippen LogP contribution in [0.15, 0.2) is 388 Å². The fraction of sp³-hybridized carbons (Fsp3) is 0.143. The molecular weight excluding hydrogens is 1560 g/mol. The first-order valence-electron chi connectivity index (χ1n) is 45.9. The lowest BCUT2D eigenvalue weighted by molar-refractivity contribution is 0.523. The van der Waals surface area contributed by atoms with E-state index in [1.165, 1.54) is 134 Å². The summed E-state index contributed by atoms with van der Waals surface area (Å²) >= 11 is 0. The molecule has 129 heavy (non-hydrogen) atoms. The highest BCUT2D eigenvalue weighted by Gasteiger charge is 2.49. The van der Waals surface area contributed by atoms with E-state index in [-0.39, 0.29) is 36.4 Å². The number of hydrogen-bond donors (Lipinski definition) is 0. The van der Waals surface area contributed by atoms with Gasteiger partial charge in [0.15, 0.2) is 0 Å². The number of anilines is 21. The van der Waals surface area contributed by atoms with Gasteiger partial charge in [-0.25, -0.2) is 0 Å². The average Bonchev–Trinajstić information content (AvgIpc) is 0.703. The van der Waals surface area contributed by atoms with Crippen molar-refractivity contribution in [2.45, 2.75) is 111 Å². The molecule has 17 aromatic rings. The highest BCUT2D eigenvalue weighted by Crippen LogP contribution is 2.53. The minimum atomic E-state index is -0.408. The predicted octanol–water partition coefficient (Wildman–Crippen LogP) is 25.8. The van der Waals surface area contributed by atoms with Gasteiger partial charge in [-0.15, -0.1) is 0 Å². The van der Waals surface area contributed by atoms with E-state index in [0.29, 0.717) is 0 Å². The summed E-state index contributed by atoms with van der Waals surface area (Å²) in [5.41, 5.74) is 45.4. The van der Waals surface area contributed by atoms with Gasteiger partial charge >= 0.3 is 0 Å². The van der Waals surface area contributed by atoms with E-state index in [1.54, 1.807) is 0 Å². The van der Waals surface area contributed by atoms with Crippen LogP contribution < -0.4 is 83.5 Å². The van der Waals surface area contributed by atoms with Crippen molar-refractivity contribution in [3.63, 3.8) is 0 Å². The van der Waals surface area contributed by atoms with Crippen LogP contribution in [0.2, 0.25) is 0 Å². The van der Waals surface area contributed by atoms with Crippen LogP contribution in [-0.2, 0) is 28.1 Å². The molecule has 0 unspecified atom stereocenters. The van der Waals surface area contributed by atoms with Crippen LogP contribution in [0.3, 0.4) is 0 Å². The highest BCUT2D eigenvalue weighted by atomic mass is 15.2. The van der Waals surface area contributed by atoms with Crippen molar-refractivity contribution in [1.82, 2.24) is 0 Å². The zero-order valence-electron chi connectivity index (χ0n) is 75.5. The lowest BCUT2D eigenvalue weighted by atomic mass is 9.33. The van der Waals surface area contributed by atoms with Crippen LogP contribution in [0.25, 0.3) is 11.1 Å². The first-order chi connectivity index (χ1) is 62.6. The lowest BCUT2D eigenvalue weighted by Gasteiger charge is -2.45. The Kier molecular flexibility index (Phi) is 18.5. The van der Waals surface area contributed by atoms with Crippen LogP contribution in [0.1, 0.15) is 110 Å². The van der Waals surface area contributed by atoms with Crippen LogP contribution >= 0.6 is 0 Å². The van der Waals surface area contributed by atoms with E-state index in [9.17, 15) is 0 Å². The van der Waals surface area contributed by atoms with Crippen molar-refractivity contribution in [3.8, 4) is 11.1 Å². The zero-order chi connectivity index (χ0) is 87.7. The molecule has 23 rings (SSSR count). The van der Waals surface area contributed by atoms with E-state index >= 15 is 0 Å². The number of hydrogen-bond acceptors (Lipinski definition) is 7. The number of nitrogens with zero attached hydrogens (tertiary/aromatic N) is 7. The van der Waals surface area contributed by atoms with Gasteiger partial charge in [-0.3, -0.25) is 0 Å². The third-order valence-corrected chi connectivity index (χ3v) is 28.2. The quantitative estimate of drug-likeness (QED) is 0.106. The molecule has 0 saturated carbocycles. The summed E-state index contributed by atoms with van der Waals surface area (Å²) in [6, 6.07) is 148. The number of benzene rings is 17. The van der Waals surface area contributed by atoms with Crippen molar-refractivity contribution >= 4 is 189 Å². The van der Waals surface area contributed by atoms with Gasteiger partial charge in [0.1, 0.15) is 0 Å². The Morgan fingerprint density at radius 1 is 0.225 bits per heavy atom. The molecule has 7 nitrogen and oxygen atoms in total. The fourth-order valence-corrected chi connectivity index (χ4v) is 22.0. The van der Waals surface area contributed by atoms with Gasteiger partial charge < -0.3 is 34.3 Å². The molecule has 0 atom stereocenters. The molecule has 0 N–H and O–H groups in total. The SMILES string of the molecule is Cc1cc2c3c(c1)N(c1ccc(C(C)(C)C)cc1)c1ccc(C(C)(C)Cc4ccccc4N(c4ccccc4)c4cc5c6c(c4)N(c4ccc(-c7cccc(N8c9ccccc9B9c%10ccccc%10N(c%10ccccc%10)c%10cccc8c%109)c7)cc4)c4ccccc4B6c4ccccc4N5c4ccccc4)cc1B3c1cc(C(C)(C)C)ccc1N2c1ccc(C(C)(C)C)cc1. The third-order valence-electron chi connectivity index (χ3n) is 28.2. The van der Waals surface area contributed by atoms with E-state index in [2.05, 4.69) is 506 Å². The third kappa shape index (κ3) is 13.0. The molecule has 0 aliphatic carbocycles. The molecule has 6 aliphatic rings. The van der Waals surface area contributed by atoms with Gasteiger partial charge in [-0.2, -0.15) is 0 Å². The molecule has 0 saturated heterocycles. The summed E-state index contributed by atoms with van der Waals surface area (Å²) in [7, 11) is 0. The van der Waals surface area contributed by atoms with Crippen LogP contribution in [0.5, 0.6) is 0 Å². The normalized spacial score (nSPS) is 13.8. The smallest absolute Gasteiger partial charge is 0.252 e. The predicted molar refractivity (Wildman–Crippen MR) is 553 cm³/mol. The summed E-state index contributed by atoms with van der Waals surface area (Å²) in [6.07, 6.45) is 0.735. The molecule has 17 aromatic carbocycles. The summed E-state index contributed by atoms with van der Waals surface area (Å²) in [5, 5.41) is 0. The molecular formula is C119H102B3N7. The van der Waals surface area contributed by atoms with E-state index in [1.807, 2.05) is 0 Å². The van der Waals surface area contributed by atoms with E-state index < -0.39 is 5.41 Å². The van der Waals surface area contributed by atoms with Gasteiger partial charge in [0.25, 0.3) is 20.1 Å². The second kappa shape index (κ2) is 30.1. The molecule has 0 spiro atoms. The van der Waals surface area contributed by atoms with Gasteiger partial charge in [0.05, 0.1) is 5.69 Å². The first kappa shape index (κ1) is 79.2. The molecule has 622 valence electrons. The average molecular weight is 1660 g/mol. The van der Waals surface area contributed by atoms with E-state index in [4.69, 9.17) is 0 Å². The van der Waals surface area contributed by atoms with Gasteiger partial charge in [0, 0.05) is 114 Å². The number of aryl methyl sites for hydroxylation is 1. The second-order valence-electron chi connectivity index (χ2n) is 39.9. The summed E-state index contributed by atoms with van der Waals surface area (Å²) in [6.45, 7) is 28.1. The largest absolute Gasteiger partial charge is 0.311 e. The minimum Gasteiger partial charge on any atom is -0.311 e. The molecule has 0 amide bonds. The van der Waals surface area contributed by atoms with Crippen molar-refractivity contribution in [1.29, 1.82) is 0 Å². The summed E-state index contributed by atoms with van der Waals surface area (Å²) in [4.78, 5) is 17.8.